The molecule has 0 bridgehead atoms. The molecule has 2 heterocycles. The predicted molar refractivity (Wildman–Crippen MR) is 57.1 cm³/mol. The van der Waals surface area contributed by atoms with Gasteiger partial charge in [0.2, 0.25) is 0 Å². The van der Waals surface area contributed by atoms with Crippen molar-refractivity contribution in [1.29, 1.82) is 0 Å². The van der Waals surface area contributed by atoms with Crippen LogP contribution in [0.1, 0.15) is 17.7 Å². The number of alkyl halides is 3. The van der Waals surface area contributed by atoms with E-state index in [1.165, 1.54) is 12.3 Å². The zero-order valence-electron chi connectivity index (χ0n) is 9.24. The van der Waals surface area contributed by atoms with Crippen molar-refractivity contribution >= 4 is 0 Å². The lowest BCUT2D eigenvalue weighted by Gasteiger charge is -2.15. The van der Waals surface area contributed by atoms with E-state index in [1.54, 1.807) is 0 Å². The summed E-state index contributed by atoms with van der Waals surface area (Å²) in [7, 11) is 0. The molecule has 0 spiro atoms. The lowest BCUT2D eigenvalue weighted by molar-refractivity contribution is -0.141. The van der Waals surface area contributed by atoms with Crippen molar-refractivity contribution < 1.29 is 13.2 Å². The number of rotatable bonds is 2. The first-order valence-corrected chi connectivity index (χ1v) is 5.45. The first-order chi connectivity index (χ1) is 7.95. The van der Waals surface area contributed by atoms with Gasteiger partial charge in [-0.05, 0) is 18.1 Å². The molecule has 1 atom stereocenters. The molecule has 1 aliphatic heterocycles. The molecule has 0 unspecified atom stereocenters. The van der Waals surface area contributed by atoms with Crippen molar-refractivity contribution in [2.45, 2.75) is 25.2 Å². The van der Waals surface area contributed by atoms with Crippen molar-refractivity contribution in [2.75, 3.05) is 13.1 Å². The topological polar surface area (TPSA) is 42.1 Å². The quantitative estimate of drug-likeness (QED) is 0.861. The van der Waals surface area contributed by atoms with Gasteiger partial charge in [0.25, 0.3) is 0 Å². The van der Waals surface area contributed by atoms with Crippen LogP contribution in [0, 0.1) is 0 Å². The summed E-state index contributed by atoms with van der Waals surface area (Å²) >= 11 is 0. The van der Waals surface area contributed by atoms with E-state index in [-0.39, 0.29) is 6.04 Å². The third kappa shape index (κ3) is 3.17. The van der Waals surface area contributed by atoms with E-state index in [4.69, 9.17) is 5.73 Å². The van der Waals surface area contributed by atoms with Crippen molar-refractivity contribution in [1.82, 2.24) is 9.88 Å². The predicted octanol–water partition coefficient (Wildman–Crippen LogP) is 1.63. The van der Waals surface area contributed by atoms with E-state index in [0.29, 0.717) is 6.54 Å². The first-order valence-electron chi connectivity index (χ1n) is 5.45. The minimum absolute atomic E-state index is 0.178. The average molecular weight is 245 g/mol. The second-order valence-corrected chi connectivity index (χ2v) is 4.33. The molecule has 1 saturated heterocycles. The van der Waals surface area contributed by atoms with Gasteiger partial charge in [-0.2, -0.15) is 13.2 Å². The number of nitrogens with two attached hydrogens (primary N) is 1. The average Bonchev–Trinajstić information content (AvgIpc) is 2.63. The molecule has 94 valence electrons. The highest BCUT2D eigenvalue weighted by Gasteiger charge is 2.32. The summed E-state index contributed by atoms with van der Waals surface area (Å²) in [5, 5.41) is 0. The Bertz CT molecular complexity index is 375. The molecule has 0 aromatic carbocycles. The molecule has 1 aliphatic rings. The minimum atomic E-state index is -4.37. The Balaban J connectivity index is 1.99. The molecule has 1 aromatic rings. The molecular formula is C11H14F3N3. The van der Waals surface area contributed by atoms with E-state index < -0.39 is 11.9 Å². The monoisotopic (exact) mass is 245 g/mol. The van der Waals surface area contributed by atoms with E-state index >= 15 is 0 Å². The number of aromatic nitrogens is 1. The van der Waals surface area contributed by atoms with E-state index in [9.17, 15) is 13.2 Å². The summed E-state index contributed by atoms with van der Waals surface area (Å²) in [5.41, 5.74) is 5.69. The van der Waals surface area contributed by atoms with Crippen molar-refractivity contribution in [3.63, 3.8) is 0 Å². The fourth-order valence-corrected chi connectivity index (χ4v) is 1.95. The molecule has 2 N–H and O–H groups in total. The van der Waals surface area contributed by atoms with Crippen LogP contribution in [-0.4, -0.2) is 29.0 Å². The van der Waals surface area contributed by atoms with Crippen molar-refractivity contribution in [3.05, 3.63) is 29.6 Å². The Labute approximate surface area is 97.4 Å². The van der Waals surface area contributed by atoms with Crippen LogP contribution in [0.3, 0.4) is 0 Å². The van der Waals surface area contributed by atoms with Crippen LogP contribution in [0.2, 0.25) is 0 Å². The van der Waals surface area contributed by atoms with Gasteiger partial charge >= 0.3 is 6.18 Å². The van der Waals surface area contributed by atoms with Crippen molar-refractivity contribution in [2.24, 2.45) is 5.73 Å². The smallest absolute Gasteiger partial charge is 0.326 e. The van der Waals surface area contributed by atoms with Gasteiger partial charge in [0.1, 0.15) is 5.69 Å². The highest BCUT2D eigenvalue weighted by Crippen LogP contribution is 2.27. The van der Waals surface area contributed by atoms with Gasteiger partial charge < -0.3 is 5.73 Å². The molecule has 1 aromatic heterocycles. The lowest BCUT2D eigenvalue weighted by Crippen LogP contribution is -2.26. The van der Waals surface area contributed by atoms with Crippen LogP contribution in [0.25, 0.3) is 0 Å². The van der Waals surface area contributed by atoms with Gasteiger partial charge in [-0.15, -0.1) is 0 Å². The minimum Gasteiger partial charge on any atom is -0.326 e. The molecule has 2 rings (SSSR count). The number of likely N-dealkylation sites (tertiary alicyclic amines) is 1. The van der Waals surface area contributed by atoms with Gasteiger partial charge in [-0.1, -0.05) is 6.07 Å². The van der Waals surface area contributed by atoms with Crippen LogP contribution in [0.5, 0.6) is 0 Å². The highest BCUT2D eigenvalue weighted by atomic mass is 19.4. The van der Waals surface area contributed by atoms with Crippen LogP contribution < -0.4 is 5.73 Å². The Kier molecular flexibility index (Phi) is 3.35. The maximum absolute atomic E-state index is 12.3. The molecule has 1 fully saturated rings. The fourth-order valence-electron chi connectivity index (χ4n) is 1.95. The van der Waals surface area contributed by atoms with E-state index in [0.717, 1.165) is 31.1 Å². The molecule has 0 amide bonds. The molecule has 0 saturated carbocycles. The summed E-state index contributed by atoms with van der Waals surface area (Å²) in [4.78, 5) is 5.55. The van der Waals surface area contributed by atoms with Gasteiger partial charge in [0.15, 0.2) is 0 Å². The summed E-state index contributed by atoms with van der Waals surface area (Å²) < 4.78 is 36.9. The maximum Gasteiger partial charge on any atom is 0.433 e. The number of nitrogens with zero attached hydrogens (tertiary/aromatic N) is 2. The standard InChI is InChI=1S/C11H14F3N3/c12-11(13,14)10-2-1-8(5-16-10)6-17-4-3-9(15)7-17/h1-2,5,9H,3-4,6-7,15H2/t9-/m0/s1. The van der Waals surface area contributed by atoms with Crippen LogP contribution >= 0.6 is 0 Å². The Morgan fingerprint density at radius 2 is 2.18 bits per heavy atom. The number of pyridine rings is 1. The van der Waals surface area contributed by atoms with E-state index in [2.05, 4.69) is 9.88 Å². The molecule has 0 radical (unpaired) electrons. The van der Waals surface area contributed by atoms with Crippen LogP contribution in [0.15, 0.2) is 18.3 Å². The third-order valence-corrected chi connectivity index (χ3v) is 2.83. The molecule has 6 heteroatoms. The zero-order valence-corrected chi connectivity index (χ0v) is 9.24. The first kappa shape index (κ1) is 12.3. The largest absolute Gasteiger partial charge is 0.433 e. The molecular weight excluding hydrogens is 231 g/mol. The van der Waals surface area contributed by atoms with Gasteiger partial charge in [0, 0.05) is 31.9 Å². The number of halogens is 3. The molecule has 0 aliphatic carbocycles. The fraction of sp³-hybridized carbons (Fsp3) is 0.545. The Hall–Kier alpha value is -1.14. The third-order valence-electron chi connectivity index (χ3n) is 2.83. The van der Waals surface area contributed by atoms with Crippen molar-refractivity contribution in [3.8, 4) is 0 Å². The zero-order chi connectivity index (χ0) is 12.5. The summed E-state index contributed by atoms with van der Waals surface area (Å²) in [6.07, 6.45) is -2.14. The lowest BCUT2D eigenvalue weighted by atomic mass is 10.2. The molecule has 3 nitrogen and oxygen atoms in total. The van der Waals surface area contributed by atoms with Gasteiger partial charge in [-0.3, -0.25) is 9.88 Å². The second kappa shape index (κ2) is 4.62. The highest BCUT2D eigenvalue weighted by molar-refractivity contribution is 5.16. The Morgan fingerprint density at radius 1 is 1.41 bits per heavy atom. The molecule has 17 heavy (non-hydrogen) atoms. The van der Waals surface area contributed by atoms with Crippen LogP contribution in [-0.2, 0) is 12.7 Å². The van der Waals surface area contributed by atoms with Crippen LogP contribution in [0.4, 0.5) is 13.2 Å². The van der Waals surface area contributed by atoms with E-state index in [1.807, 2.05) is 0 Å². The maximum atomic E-state index is 12.3. The van der Waals surface area contributed by atoms with Gasteiger partial charge in [0.05, 0.1) is 0 Å². The summed E-state index contributed by atoms with van der Waals surface area (Å²) in [6, 6.07) is 2.67. The second-order valence-electron chi connectivity index (χ2n) is 4.33. The number of hydrogen-bond acceptors (Lipinski definition) is 3. The number of hydrogen-bond donors (Lipinski definition) is 1. The Morgan fingerprint density at radius 3 is 2.65 bits per heavy atom. The summed E-state index contributed by atoms with van der Waals surface area (Å²) in [5.74, 6) is 0. The summed E-state index contributed by atoms with van der Waals surface area (Å²) in [6.45, 7) is 2.29. The SMILES string of the molecule is N[C@H]1CCN(Cc2ccc(C(F)(F)F)nc2)C1. The van der Waals surface area contributed by atoms with Gasteiger partial charge in [-0.25, -0.2) is 0 Å². The normalized spacial score (nSPS) is 22.0.